The average molecular weight is 184 g/mol. The van der Waals surface area contributed by atoms with Gasteiger partial charge in [0.2, 0.25) is 0 Å². The molecule has 0 aromatic rings. The summed E-state index contributed by atoms with van der Waals surface area (Å²) in [5.74, 6) is 1.04. The van der Waals surface area contributed by atoms with Gasteiger partial charge in [-0.15, -0.1) is 0 Å². The van der Waals surface area contributed by atoms with E-state index in [2.05, 4.69) is 0 Å². The first-order valence-electron chi connectivity index (χ1n) is 5.68. The molecular weight excluding hydrogens is 164 g/mol. The SMILES string of the molecule is C1CCC(OCCCC2CC2)OC1. The standard InChI is InChI=1S/C11H20O2/c1-2-8-12-11(5-1)13-9-3-4-10-6-7-10/h10-11H,1-9H2. The smallest absolute Gasteiger partial charge is 0.157 e. The first kappa shape index (κ1) is 9.47. The van der Waals surface area contributed by atoms with Crippen molar-refractivity contribution < 1.29 is 9.47 Å². The van der Waals surface area contributed by atoms with E-state index in [1.54, 1.807) is 0 Å². The quantitative estimate of drug-likeness (QED) is 0.612. The summed E-state index contributed by atoms with van der Waals surface area (Å²) in [5.41, 5.74) is 0. The van der Waals surface area contributed by atoms with Gasteiger partial charge in [0.1, 0.15) is 0 Å². The fourth-order valence-electron chi connectivity index (χ4n) is 1.84. The van der Waals surface area contributed by atoms with Gasteiger partial charge >= 0.3 is 0 Å². The van der Waals surface area contributed by atoms with Crippen molar-refractivity contribution in [2.75, 3.05) is 13.2 Å². The number of rotatable bonds is 5. The summed E-state index contributed by atoms with van der Waals surface area (Å²) in [6.45, 7) is 1.80. The molecule has 2 heteroatoms. The second-order valence-corrected chi connectivity index (χ2v) is 4.25. The molecule has 2 rings (SSSR count). The van der Waals surface area contributed by atoms with E-state index in [0.29, 0.717) is 0 Å². The molecule has 0 amide bonds. The lowest BCUT2D eigenvalue weighted by molar-refractivity contribution is -0.162. The van der Waals surface area contributed by atoms with Crippen LogP contribution in [0.5, 0.6) is 0 Å². The molecule has 1 saturated heterocycles. The maximum atomic E-state index is 5.64. The van der Waals surface area contributed by atoms with E-state index in [9.17, 15) is 0 Å². The van der Waals surface area contributed by atoms with Crippen molar-refractivity contribution in [1.82, 2.24) is 0 Å². The fourth-order valence-corrected chi connectivity index (χ4v) is 1.84. The molecule has 13 heavy (non-hydrogen) atoms. The monoisotopic (exact) mass is 184 g/mol. The van der Waals surface area contributed by atoms with Gasteiger partial charge in [-0.1, -0.05) is 12.8 Å². The van der Waals surface area contributed by atoms with E-state index in [0.717, 1.165) is 25.6 Å². The van der Waals surface area contributed by atoms with E-state index in [1.165, 1.54) is 38.5 Å². The largest absolute Gasteiger partial charge is 0.353 e. The zero-order valence-electron chi connectivity index (χ0n) is 8.34. The lowest BCUT2D eigenvalue weighted by atomic mass is 10.2. The minimum Gasteiger partial charge on any atom is -0.353 e. The van der Waals surface area contributed by atoms with Gasteiger partial charge in [0, 0.05) is 13.2 Å². The molecule has 0 N–H and O–H groups in total. The summed E-state index contributed by atoms with van der Waals surface area (Å²) < 4.78 is 11.1. The molecule has 1 saturated carbocycles. The van der Waals surface area contributed by atoms with Gasteiger partial charge in [0.05, 0.1) is 0 Å². The maximum Gasteiger partial charge on any atom is 0.157 e. The first-order chi connectivity index (χ1) is 6.45. The van der Waals surface area contributed by atoms with Crippen LogP contribution < -0.4 is 0 Å². The molecule has 1 aliphatic carbocycles. The molecule has 1 heterocycles. The predicted octanol–water partition coefficient (Wildman–Crippen LogP) is 2.72. The first-order valence-corrected chi connectivity index (χ1v) is 5.68. The van der Waals surface area contributed by atoms with Crippen molar-refractivity contribution in [2.24, 2.45) is 5.92 Å². The van der Waals surface area contributed by atoms with Crippen LogP contribution in [0.25, 0.3) is 0 Å². The topological polar surface area (TPSA) is 18.5 Å². The third-order valence-electron chi connectivity index (χ3n) is 2.90. The number of hydrogen-bond acceptors (Lipinski definition) is 2. The molecular formula is C11H20O2. The van der Waals surface area contributed by atoms with Gasteiger partial charge in [-0.2, -0.15) is 0 Å². The zero-order valence-corrected chi connectivity index (χ0v) is 8.34. The van der Waals surface area contributed by atoms with Gasteiger partial charge in [-0.05, 0) is 38.0 Å². The molecule has 1 atom stereocenters. The molecule has 0 bridgehead atoms. The summed E-state index contributed by atoms with van der Waals surface area (Å²) in [5, 5.41) is 0. The fraction of sp³-hybridized carbons (Fsp3) is 1.00. The summed E-state index contributed by atoms with van der Waals surface area (Å²) >= 11 is 0. The Kier molecular flexibility index (Phi) is 3.62. The van der Waals surface area contributed by atoms with Crippen LogP contribution >= 0.6 is 0 Å². The van der Waals surface area contributed by atoms with Crippen molar-refractivity contribution in [3.63, 3.8) is 0 Å². The predicted molar refractivity (Wildman–Crippen MR) is 51.5 cm³/mol. The van der Waals surface area contributed by atoms with E-state index in [4.69, 9.17) is 9.47 Å². The third-order valence-corrected chi connectivity index (χ3v) is 2.90. The minimum absolute atomic E-state index is 0.118. The molecule has 2 aliphatic rings. The molecule has 76 valence electrons. The Labute approximate surface area is 80.6 Å². The lowest BCUT2D eigenvalue weighted by Crippen LogP contribution is -2.22. The van der Waals surface area contributed by atoms with E-state index < -0.39 is 0 Å². The normalized spacial score (nSPS) is 29.1. The Morgan fingerprint density at radius 3 is 2.77 bits per heavy atom. The van der Waals surface area contributed by atoms with Gasteiger partial charge in [-0.3, -0.25) is 0 Å². The second kappa shape index (κ2) is 4.97. The molecule has 0 radical (unpaired) electrons. The molecule has 1 unspecified atom stereocenters. The van der Waals surface area contributed by atoms with Crippen LogP contribution in [-0.4, -0.2) is 19.5 Å². The van der Waals surface area contributed by atoms with Crippen molar-refractivity contribution in [3.8, 4) is 0 Å². The van der Waals surface area contributed by atoms with Gasteiger partial charge in [0.25, 0.3) is 0 Å². The number of hydrogen-bond donors (Lipinski definition) is 0. The minimum atomic E-state index is 0.118. The Morgan fingerprint density at radius 1 is 1.15 bits per heavy atom. The molecule has 2 nitrogen and oxygen atoms in total. The maximum absolute atomic E-state index is 5.64. The number of ether oxygens (including phenoxy) is 2. The average Bonchev–Trinajstić information content (AvgIpc) is 2.98. The van der Waals surface area contributed by atoms with Gasteiger partial charge in [0.15, 0.2) is 6.29 Å². The Balaban J connectivity index is 1.46. The Bertz CT molecular complexity index is 137. The molecule has 0 spiro atoms. The van der Waals surface area contributed by atoms with Crippen LogP contribution in [0.2, 0.25) is 0 Å². The van der Waals surface area contributed by atoms with Crippen LogP contribution in [0, 0.1) is 5.92 Å². The highest BCUT2D eigenvalue weighted by molar-refractivity contribution is 4.72. The Hall–Kier alpha value is -0.0800. The molecule has 0 aromatic carbocycles. The van der Waals surface area contributed by atoms with Crippen LogP contribution in [0.1, 0.15) is 44.9 Å². The highest BCUT2D eigenvalue weighted by atomic mass is 16.7. The molecule has 0 aromatic heterocycles. The molecule has 2 fully saturated rings. The second-order valence-electron chi connectivity index (χ2n) is 4.25. The van der Waals surface area contributed by atoms with Gasteiger partial charge < -0.3 is 9.47 Å². The highest BCUT2D eigenvalue weighted by Gasteiger charge is 2.20. The van der Waals surface area contributed by atoms with Gasteiger partial charge in [-0.25, -0.2) is 0 Å². The summed E-state index contributed by atoms with van der Waals surface area (Å²) in [7, 11) is 0. The van der Waals surface area contributed by atoms with E-state index in [1.807, 2.05) is 0 Å². The van der Waals surface area contributed by atoms with Crippen molar-refractivity contribution >= 4 is 0 Å². The third kappa shape index (κ3) is 3.65. The highest BCUT2D eigenvalue weighted by Crippen LogP contribution is 2.33. The van der Waals surface area contributed by atoms with Crippen LogP contribution in [0.4, 0.5) is 0 Å². The summed E-state index contributed by atoms with van der Waals surface area (Å²) in [4.78, 5) is 0. The lowest BCUT2D eigenvalue weighted by Gasteiger charge is -2.22. The van der Waals surface area contributed by atoms with Crippen molar-refractivity contribution in [1.29, 1.82) is 0 Å². The van der Waals surface area contributed by atoms with Crippen molar-refractivity contribution in [2.45, 2.75) is 51.2 Å². The zero-order chi connectivity index (χ0) is 8.93. The van der Waals surface area contributed by atoms with Crippen molar-refractivity contribution in [3.05, 3.63) is 0 Å². The molecule has 1 aliphatic heterocycles. The summed E-state index contributed by atoms with van der Waals surface area (Å²) in [6.07, 6.45) is 9.21. The van der Waals surface area contributed by atoms with Crippen LogP contribution in [0.3, 0.4) is 0 Å². The van der Waals surface area contributed by atoms with E-state index in [-0.39, 0.29) is 6.29 Å². The Morgan fingerprint density at radius 2 is 2.08 bits per heavy atom. The van der Waals surface area contributed by atoms with Crippen LogP contribution in [0.15, 0.2) is 0 Å². The van der Waals surface area contributed by atoms with E-state index >= 15 is 0 Å². The summed E-state index contributed by atoms with van der Waals surface area (Å²) in [6, 6.07) is 0. The van der Waals surface area contributed by atoms with Crippen LogP contribution in [-0.2, 0) is 9.47 Å².